The molecule has 0 aromatic heterocycles. The molecule has 0 radical (unpaired) electrons. The standard InChI is InChI=1S/C12H14INO3/c1-7(12(16)17)8(2)14-11(15)9-5-3-4-6-10(9)13/h3-8H,1-2H3,(H,14,15)(H,16,17). The monoisotopic (exact) mass is 347 g/mol. The second-order valence-electron chi connectivity index (χ2n) is 3.87. The molecule has 2 unspecified atom stereocenters. The molecule has 1 amide bonds. The first-order valence-corrected chi connectivity index (χ1v) is 6.29. The van der Waals surface area contributed by atoms with Crippen molar-refractivity contribution in [2.45, 2.75) is 19.9 Å². The molecule has 4 nitrogen and oxygen atoms in total. The van der Waals surface area contributed by atoms with E-state index in [1.54, 1.807) is 26.0 Å². The maximum Gasteiger partial charge on any atom is 0.308 e. The minimum absolute atomic E-state index is 0.240. The lowest BCUT2D eigenvalue weighted by Crippen LogP contribution is -2.40. The summed E-state index contributed by atoms with van der Waals surface area (Å²) in [5.74, 6) is -1.77. The second-order valence-corrected chi connectivity index (χ2v) is 5.03. The highest BCUT2D eigenvalue weighted by Gasteiger charge is 2.21. The van der Waals surface area contributed by atoms with Crippen LogP contribution in [0, 0.1) is 9.49 Å². The Morgan fingerprint density at radius 3 is 2.41 bits per heavy atom. The van der Waals surface area contributed by atoms with Gasteiger partial charge in [0.2, 0.25) is 0 Å². The first-order chi connectivity index (χ1) is 7.93. The van der Waals surface area contributed by atoms with Crippen LogP contribution in [0.15, 0.2) is 24.3 Å². The maximum absolute atomic E-state index is 11.9. The SMILES string of the molecule is CC(NC(=O)c1ccccc1I)C(C)C(=O)O. The van der Waals surface area contributed by atoms with E-state index >= 15 is 0 Å². The molecule has 0 aliphatic rings. The molecule has 0 spiro atoms. The number of hydrogen-bond acceptors (Lipinski definition) is 2. The molecule has 5 heteroatoms. The number of carbonyl (C=O) groups excluding carboxylic acids is 1. The summed E-state index contributed by atoms with van der Waals surface area (Å²) >= 11 is 2.08. The lowest BCUT2D eigenvalue weighted by Gasteiger charge is -2.18. The third-order valence-electron chi connectivity index (χ3n) is 2.62. The minimum atomic E-state index is -0.916. The van der Waals surface area contributed by atoms with Crippen LogP contribution in [0.25, 0.3) is 0 Å². The van der Waals surface area contributed by atoms with Gasteiger partial charge in [-0.2, -0.15) is 0 Å². The van der Waals surface area contributed by atoms with E-state index in [0.29, 0.717) is 5.56 Å². The number of halogens is 1. The average Bonchev–Trinajstić information content (AvgIpc) is 2.28. The summed E-state index contributed by atoms with van der Waals surface area (Å²) in [6.45, 7) is 3.26. The Labute approximate surface area is 114 Å². The predicted molar refractivity (Wildman–Crippen MR) is 72.9 cm³/mol. The molecule has 2 N–H and O–H groups in total. The minimum Gasteiger partial charge on any atom is -0.481 e. The summed E-state index contributed by atoms with van der Waals surface area (Å²) in [7, 11) is 0. The summed E-state index contributed by atoms with van der Waals surface area (Å²) in [5.41, 5.74) is 0.567. The van der Waals surface area contributed by atoms with E-state index in [1.165, 1.54) is 0 Å². The molecule has 1 aromatic carbocycles. The van der Waals surface area contributed by atoms with Crippen molar-refractivity contribution in [1.82, 2.24) is 5.32 Å². The number of benzene rings is 1. The maximum atomic E-state index is 11.9. The molecule has 0 bridgehead atoms. The normalized spacial score (nSPS) is 13.8. The van der Waals surface area contributed by atoms with Gasteiger partial charge in [-0.15, -0.1) is 0 Å². The summed E-state index contributed by atoms with van der Waals surface area (Å²) in [5, 5.41) is 11.5. The molecule has 0 heterocycles. The van der Waals surface area contributed by atoms with E-state index in [2.05, 4.69) is 27.9 Å². The molecule has 1 aromatic rings. The van der Waals surface area contributed by atoms with Gasteiger partial charge in [-0.3, -0.25) is 9.59 Å². The molecular formula is C12H14INO3. The molecule has 0 aliphatic carbocycles. The number of carboxylic acids is 1. The smallest absolute Gasteiger partial charge is 0.308 e. The van der Waals surface area contributed by atoms with Gasteiger partial charge in [0, 0.05) is 9.61 Å². The zero-order chi connectivity index (χ0) is 13.0. The lowest BCUT2D eigenvalue weighted by atomic mass is 10.0. The van der Waals surface area contributed by atoms with Gasteiger partial charge in [-0.1, -0.05) is 12.1 Å². The number of carbonyl (C=O) groups is 2. The fourth-order valence-electron chi connectivity index (χ4n) is 1.27. The number of amides is 1. The third kappa shape index (κ3) is 3.69. The van der Waals surface area contributed by atoms with Crippen LogP contribution in [-0.2, 0) is 4.79 Å². The summed E-state index contributed by atoms with van der Waals surface area (Å²) < 4.78 is 0.845. The fourth-order valence-corrected chi connectivity index (χ4v) is 1.90. The van der Waals surface area contributed by atoms with Gasteiger partial charge in [0.1, 0.15) is 0 Å². The van der Waals surface area contributed by atoms with Crippen molar-refractivity contribution < 1.29 is 14.7 Å². The van der Waals surface area contributed by atoms with Gasteiger partial charge in [-0.05, 0) is 48.6 Å². The Morgan fingerprint density at radius 2 is 1.88 bits per heavy atom. The number of hydrogen-bond donors (Lipinski definition) is 2. The lowest BCUT2D eigenvalue weighted by molar-refractivity contribution is -0.141. The van der Waals surface area contributed by atoms with Crippen molar-refractivity contribution in [1.29, 1.82) is 0 Å². The van der Waals surface area contributed by atoms with Crippen LogP contribution in [0.1, 0.15) is 24.2 Å². The Kier molecular flexibility index (Phi) is 4.92. The van der Waals surface area contributed by atoms with Crippen molar-refractivity contribution in [3.63, 3.8) is 0 Å². The largest absolute Gasteiger partial charge is 0.481 e. The molecular weight excluding hydrogens is 333 g/mol. The van der Waals surface area contributed by atoms with E-state index in [0.717, 1.165) is 3.57 Å². The highest BCUT2D eigenvalue weighted by Crippen LogP contribution is 2.12. The van der Waals surface area contributed by atoms with Gasteiger partial charge in [-0.25, -0.2) is 0 Å². The van der Waals surface area contributed by atoms with Crippen LogP contribution in [-0.4, -0.2) is 23.0 Å². The fraction of sp³-hybridized carbons (Fsp3) is 0.333. The molecule has 0 saturated heterocycles. The van der Waals surface area contributed by atoms with Crippen molar-refractivity contribution in [2.75, 3.05) is 0 Å². The predicted octanol–water partition coefficient (Wildman–Crippen LogP) is 2.13. The third-order valence-corrected chi connectivity index (χ3v) is 3.56. The highest BCUT2D eigenvalue weighted by molar-refractivity contribution is 14.1. The molecule has 17 heavy (non-hydrogen) atoms. The van der Waals surface area contributed by atoms with Crippen molar-refractivity contribution in [3.05, 3.63) is 33.4 Å². The number of carboxylic acid groups (broad SMARTS) is 1. The van der Waals surface area contributed by atoms with Gasteiger partial charge < -0.3 is 10.4 Å². The van der Waals surface area contributed by atoms with Crippen LogP contribution in [0.5, 0.6) is 0 Å². The summed E-state index contributed by atoms with van der Waals surface area (Å²) in [4.78, 5) is 22.7. The van der Waals surface area contributed by atoms with Gasteiger partial charge in [0.25, 0.3) is 5.91 Å². The van der Waals surface area contributed by atoms with Gasteiger partial charge >= 0.3 is 5.97 Å². The number of aliphatic carboxylic acids is 1. The Hall–Kier alpha value is -1.11. The number of nitrogens with one attached hydrogen (secondary N) is 1. The van der Waals surface area contributed by atoms with E-state index in [-0.39, 0.29) is 5.91 Å². The molecule has 0 saturated carbocycles. The number of rotatable bonds is 4. The van der Waals surface area contributed by atoms with E-state index < -0.39 is 17.9 Å². The summed E-state index contributed by atoms with van der Waals surface area (Å²) in [6.07, 6.45) is 0. The molecule has 1 rings (SSSR count). The van der Waals surface area contributed by atoms with Crippen LogP contribution in [0.4, 0.5) is 0 Å². The van der Waals surface area contributed by atoms with Crippen LogP contribution in [0.2, 0.25) is 0 Å². The molecule has 2 atom stereocenters. The Morgan fingerprint density at radius 1 is 1.29 bits per heavy atom. The highest BCUT2D eigenvalue weighted by atomic mass is 127. The van der Waals surface area contributed by atoms with E-state index in [1.807, 2.05) is 12.1 Å². The van der Waals surface area contributed by atoms with E-state index in [9.17, 15) is 9.59 Å². The van der Waals surface area contributed by atoms with Crippen LogP contribution < -0.4 is 5.32 Å². The second kappa shape index (κ2) is 6.00. The topological polar surface area (TPSA) is 66.4 Å². The van der Waals surface area contributed by atoms with Crippen LogP contribution in [0.3, 0.4) is 0 Å². The zero-order valence-electron chi connectivity index (χ0n) is 9.61. The van der Waals surface area contributed by atoms with Crippen molar-refractivity contribution in [2.24, 2.45) is 5.92 Å². The Balaban J connectivity index is 2.74. The first-order valence-electron chi connectivity index (χ1n) is 5.21. The molecule has 0 fully saturated rings. The Bertz CT molecular complexity index is 434. The summed E-state index contributed by atoms with van der Waals surface area (Å²) in [6, 6.07) is 6.77. The first kappa shape index (κ1) is 14.0. The van der Waals surface area contributed by atoms with Crippen molar-refractivity contribution in [3.8, 4) is 0 Å². The van der Waals surface area contributed by atoms with E-state index in [4.69, 9.17) is 5.11 Å². The van der Waals surface area contributed by atoms with Crippen molar-refractivity contribution >= 4 is 34.5 Å². The quantitative estimate of drug-likeness (QED) is 0.820. The van der Waals surface area contributed by atoms with Crippen LogP contribution >= 0.6 is 22.6 Å². The van der Waals surface area contributed by atoms with Gasteiger partial charge in [0.15, 0.2) is 0 Å². The molecule has 0 aliphatic heterocycles. The molecule has 92 valence electrons. The zero-order valence-corrected chi connectivity index (χ0v) is 11.8. The van der Waals surface area contributed by atoms with Gasteiger partial charge in [0.05, 0.1) is 11.5 Å². The average molecular weight is 347 g/mol.